The molecule has 0 radical (unpaired) electrons. The first kappa shape index (κ1) is 9.49. The smallest absolute Gasteiger partial charge is 0.103 e. The van der Waals surface area contributed by atoms with Gasteiger partial charge in [0.2, 0.25) is 0 Å². The number of fused-ring (bicyclic) bond motifs is 1. The molecule has 72 valence electrons. The van der Waals surface area contributed by atoms with Crippen LogP contribution in [0.5, 0.6) is 0 Å². The fraction of sp³-hybridized carbons (Fsp3) is 0.667. The predicted octanol–water partition coefficient (Wildman–Crippen LogP) is 2.38. The summed E-state index contributed by atoms with van der Waals surface area (Å²) in [7, 11) is 0. The van der Waals surface area contributed by atoms with Crippen molar-refractivity contribution in [2.45, 2.75) is 31.1 Å². The Kier molecular flexibility index (Phi) is 2.91. The third-order valence-electron chi connectivity index (χ3n) is 2.23. The third-order valence-corrected chi connectivity index (χ3v) is 4.18. The molecule has 0 amide bonds. The molecule has 1 aliphatic carbocycles. The second-order valence-corrected chi connectivity index (χ2v) is 5.24. The van der Waals surface area contributed by atoms with Crippen molar-refractivity contribution in [1.29, 1.82) is 0 Å². The molecule has 13 heavy (non-hydrogen) atoms. The van der Waals surface area contributed by atoms with Gasteiger partial charge in [-0.3, -0.25) is 0 Å². The van der Waals surface area contributed by atoms with Crippen LogP contribution in [0.1, 0.15) is 34.5 Å². The summed E-state index contributed by atoms with van der Waals surface area (Å²) in [5.41, 5.74) is 1.15. The number of thioether (sulfide) groups is 1. The number of aromatic nitrogens is 1. The van der Waals surface area contributed by atoms with E-state index in [0.717, 1.165) is 35.6 Å². The van der Waals surface area contributed by atoms with E-state index in [1.807, 2.05) is 0 Å². The summed E-state index contributed by atoms with van der Waals surface area (Å²) in [6.45, 7) is 0. The minimum absolute atomic E-state index is 0.239. The number of aliphatic hydroxyl groups is 1. The van der Waals surface area contributed by atoms with Crippen LogP contribution in [0.4, 0.5) is 0 Å². The van der Waals surface area contributed by atoms with Gasteiger partial charge in [0.25, 0.3) is 0 Å². The number of hydrogen-bond acceptors (Lipinski definition) is 4. The lowest BCUT2D eigenvalue weighted by Gasteiger charge is -2.14. The summed E-state index contributed by atoms with van der Waals surface area (Å²) in [6, 6.07) is 0. The molecule has 0 bridgehead atoms. The van der Waals surface area contributed by atoms with Gasteiger partial charge >= 0.3 is 0 Å². The van der Waals surface area contributed by atoms with Crippen molar-refractivity contribution >= 4 is 23.1 Å². The van der Waals surface area contributed by atoms with E-state index in [1.165, 1.54) is 5.01 Å². The lowest BCUT2D eigenvalue weighted by molar-refractivity contribution is 0.160. The second kappa shape index (κ2) is 3.98. The molecule has 1 unspecified atom stereocenters. The largest absolute Gasteiger partial charge is 0.388 e. The highest BCUT2D eigenvalue weighted by Crippen LogP contribution is 2.34. The molecule has 1 aromatic heterocycles. The fourth-order valence-electron chi connectivity index (χ4n) is 1.63. The Labute approximate surface area is 86.4 Å². The molecule has 0 spiro atoms. The van der Waals surface area contributed by atoms with E-state index < -0.39 is 0 Å². The topological polar surface area (TPSA) is 33.1 Å². The third kappa shape index (κ3) is 1.90. The maximum atomic E-state index is 9.71. The quantitative estimate of drug-likeness (QED) is 0.822. The van der Waals surface area contributed by atoms with Gasteiger partial charge in [0.15, 0.2) is 0 Å². The number of nitrogens with zero attached hydrogens (tertiary/aromatic N) is 1. The van der Waals surface area contributed by atoms with Crippen molar-refractivity contribution in [2.75, 3.05) is 6.26 Å². The summed E-state index contributed by atoms with van der Waals surface area (Å²) >= 11 is 3.47. The highest BCUT2D eigenvalue weighted by molar-refractivity contribution is 7.97. The summed E-state index contributed by atoms with van der Waals surface area (Å²) < 4.78 is 0. The molecule has 0 fully saturated rings. The van der Waals surface area contributed by atoms with Gasteiger partial charge in [0.1, 0.15) is 5.01 Å². The molecule has 0 saturated carbocycles. The maximum Gasteiger partial charge on any atom is 0.103 e. The van der Waals surface area contributed by atoms with Crippen molar-refractivity contribution in [2.24, 2.45) is 0 Å². The molecule has 1 aromatic rings. The van der Waals surface area contributed by atoms with Gasteiger partial charge in [-0.25, -0.2) is 4.98 Å². The molecule has 1 atom stereocenters. The van der Waals surface area contributed by atoms with E-state index in [-0.39, 0.29) is 6.10 Å². The van der Waals surface area contributed by atoms with Crippen LogP contribution in [0.25, 0.3) is 0 Å². The Hall–Kier alpha value is -0.0600. The first-order valence-electron chi connectivity index (χ1n) is 4.46. The molecule has 4 heteroatoms. The zero-order valence-electron chi connectivity index (χ0n) is 7.62. The van der Waals surface area contributed by atoms with Crippen LogP contribution in [0.15, 0.2) is 0 Å². The first-order valence-corrected chi connectivity index (χ1v) is 6.67. The highest BCUT2D eigenvalue weighted by atomic mass is 32.2. The van der Waals surface area contributed by atoms with Gasteiger partial charge in [0, 0.05) is 5.75 Å². The van der Waals surface area contributed by atoms with Gasteiger partial charge in [0.05, 0.1) is 16.7 Å². The van der Waals surface area contributed by atoms with Crippen molar-refractivity contribution < 1.29 is 5.11 Å². The van der Waals surface area contributed by atoms with Crippen LogP contribution in [-0.2, 0) is 12.2 Å². The maximum absolute atomic E-state index is 9.71. The lowest BCUT2D eigenvalue weighted by Crippen LogP contribution is -2.06. The van der Waals surface area contributed by atoms with Crippen LogP contribution in [-0.4, -0.2) is 16.3 Å². The van der Waals surface area contributed by atoms with Crippen LogP contribution in [0.3, 0.4) is 0 Å². The standard InChI is InChI=1S/C9H13NOS2/c1-12-5-8-10-6-3-2-4-7(11)9(6)13-8/h7,11H,2-5H2,1H3. The molecule has 1 N–H and O–H groups in total. The van der Waals surface area contributed by atoms with Gasteiger partial charge in [-0.1, -0.05) is 0 Å². The van der Waals surface area contributed by atoms with E-state index in [0.29, 0.717) is 0 Å². The fourth-order valence-corrected chi connectivity index (χ4v) is 3.46. The van der Waals surface area contributed by atoms with Crippen LogP contribution >= 0.6 is 23.1 Å². The van der Waals surface area contributed by atoms with E-state index >= 15 is 0 Å². The summed E-state index contributed by atoms with van der Waals surface area (Å²) in [5, 5.41) is 10.9. The molecular formula is C9H13NOS2. The van der Waals surface area contributed by atoms with Gasteiger partial charge < -0.3 is 5.11 Å². The summed E-state index contributed by atoms with van der Waals surface area (Å²) in [6.07, 6.45) is 4.88. The van der Waals surface area contributed by atoms with Crippen molar-refractivity contribution in [1.82, 2.24) is 4.98 Å². The van der Waals surface area contributed by atoms with Gasteiger partial charge in [-0.15, -0.1) is 11.3 Å². The van der Waals surface area contributed by atoms with E-state index in [1.54, 1.807) is 23.1 Å². The minimum atomic E-state index is -0.239. The Morgan fingerprint density at radius 3 is 3.23 bits per heavy atom. The average Bonchev–Trinajstić information content (AvgIpc) is 2.49. The number of aliphatic hydroxyl groups excluding tert-OH is 1. The molecule has 0 aliphatic heterocycles. The van der Waals surface area contributed by atoms with Crippen LogP contribution in [0.2, 0.25) is 0 Å². The predicted molar refractivity (Wildman–Crippen MR) is 57.2 cm³/mol. The van der Waals surface area contributed by atoms with E-state index in [9.17, 15) is 5.11 Å². The molecule has 2 nitrogen and oxygen atoms in total. The van der Waals surface area contributed by atoms with Gasteiger partial charge in [-0.05, 0) is 25.5 Å². The normalized spacial score (nSPS) is 21.5. The Balaban J connectivity index is 2.25. The monoisotopic (exact) mass is 215 g/mol. The number of aryl methyl sites for hydroxylation is 1. The van der Waals surface area contributed by atoms with Crippen LogP contribution in [0, 0.1) is 0 Å². The summed E-state index contributed by atoms with van der Waals surface area (Å²) in [4.78, 5) is 5.65. The number of rotatable bonds is 2. The van der Waals surface area contributed by atoms with Crippen molar-refractivity contribution in [3.63, 3.8) is 0 Å². The first-order chi connectivity index (χ1) is 6.31. The lowest BCUT2D eigenvalue weighted by atomic mass is 10.0. The minimum Gasteiger partial charge on any atom is -0.388 e. The van der Waals surface area contributed by atoms with Crippen molar-refractivity contribution in [3.8, 4) is 0 Å². The average molecular weight is 215 g/mol. The molecule has 0 saturated heterocycles. The number of thiazole rings is 1. The molecule has 2 rings (SSSR count). The molecule has 1 aliphatic rings. The zero-order valence-corrected chi connectivity index (χ0v) is 9.25. The highest BCUT2D eigenvalue weighted by Gasteiger charge is 2.22. The SMILES string of the molecule is CSCc1nc2c(s1)C(O)CCC2. The van der Waals surface area contributed by atoms with Crippen molar-refractivity contribution in [3.05, 3.63) is 15.6 Å². The zero-order chi connectivity index (χ0) is 9.26. The second-order valence-electron chi connectivity index (χ2n) is 3.26. The van der Waals surface area contributed by atoms with E-state index in [2.05, 4.69) is 11.2 Å². The summed E-state index contributed by atoms with van der Waals surface area (Å²) in [5.74, 6) is 0.977. The van der Waals surface area contributed by atoms with Gasteiger partial charge in [-0.2, -0.15) is 11.8 Å². The van der Waals surface area contributed by atoms with Crippen LogP contribution < -0.4 is 0 Å². The molecule has 1 heterocycles. The number of hydrogen-bond donors (Lipinski definition) is 1. The Morgan fingerprint density at radius 2 is 2.54 bits per heavy atom. The Bertz CT molecular complexity index is 298. The molecular weight excluding hydrogens is 202 g/mol. The van der Waals surface area contributed by atoms with E-state index in [4.69, 9.17) is 0 Å². The molecule has 0 aromatic carbocycles. The Morgan fingerprint density at radius 1 is 1.69 bits per heavy atom.